The summed E-state index contributed by atoms with van der Waals surface area (Å²) in [4.78, 5) is 12.3. The number of nitrogens with zero attached hydrogens (tertiary/aromatic N) is 5. The highest BCUT2D eigenvalue weighted by Crippen LogP contribution is 2.25. The Labute approximate surface area is 194 Å². The first-order chi connectivity index (χ1) is 15.6. The molecule has 3 aromatic rings. The summed E-state index contributed by atoms with van der Waals surface area (Å²) in [6.45, 7) is 1.80. The number of hydrogen-bond donors (Lipinski definition) is 3. The third-order valence-electron chi connectivity index (χ3n) is 4.72. The van der Waals surface area contributed by atoms with Crippen molar-refractivity contribution >= 4 is 35.0 Å². The van der Waals surface area contributed by atoms with Crippen LogP contribution in [-0.4, -0.2) is 54.0 Å². The van der Waals surface area contributed by atoms with Crippen LogP contribution in [0.2, 0.25) is 0 Å². The van der Waals surface area contributed by atoms with Gasteiger partial charge in [-0.2, -0.15) is 5.10 Å². The smallest absolute Gasteiger partial charge is 0.248 e. The minimum Gasteiger partial charge on any atom is -0.467 e. The summed E-state index contributed by atoms with van der Waals surface area (Å²) in [5.41, 5.74) is 5.98. The summed E-state index contributed by atoms with van der Waals surface area (Å²) in [6, 6.07) is 5.51. The van der Waals surface area contributed by atoms with E-state index in [-0.39, 0.29) is 17.8 Å². The number of hydrazine groups is 1. The average molecular weight is 477 g/mol. The van der Waals surface area contributed by atoms with E-state index >= 15 is 0 Å². The van der Waals surface area contributed by atoms with Crippen molar-refractivity contribution in [1.82, 2.24) is 40.7 Å². The lowest BCUT2D eigenvalue weighted by molar-refractivity contribution is -0.119. The van der Waals surface area contributed by atoms with Crippen molar-refractivity contribution in [1.29, 1.82) is 0 Å². The summed E-state index contributed by atoms with van der Waals surface area (Å²) >= 11 is 6.44. The van der Waals surface area contributed by atoms with Gasteiger partial charge in [0.1, 0.15) is 11.5 Å². The Hall–Kier alpha value is -2.90. The van der Waals surface area contributed by atoms with Gasteiger partial charge in [0.15, 0.2) is 16.1 Å². The lowest BCUT2D eigenvalue weighted by Gasteiger charge is -2.14. The normalized spacial score (nSPS) is 15.6. The monoisotopic (exact) mass is 476 g/mol. The molecular weight excluding hydrogens is 452 g/mol. The minimum absolute atomic E-state index is 0.0981. The van der Waals surface area contributed by atoms with Gasteiger partial charge in [-0.3, -0.25) is 24.9 Å². The number of aromatic nitrogens is 5. The van der Waals surface area contributed by atoms with E-state index in [1.165, 1.54) is 11.8 Å². The van der Waals surface area contributed by atoms with Crippen LogP contribution >= 0.6 is 24.0 Å². The quantitative estimate of drug-likeness (QED) is 0.248. The van der Waals surface area contributed by atoms with E-state index in [9.17, 15) is 4.79 Å². The van der Waals surface area contributed by atoms with Gasteiger partial charge in [-0.05, 0) is 43.3 Å². The number of thioether (sulfide) groups is 1. The first-order valence-electron chi connectivity index (χ1n) is 10.1. The number of rotatable bonds is 8. The van der Waals surface area contributed by atoms with E-state index in [2.05, 4.69) is 31.5 Å². The van der Waals surface area contributed by atoms with Crippen LogP contribution in [0.25, 0.3) is 11.5 Å². The van der Waals surface area contributed by atoms with Crippen molar-refractivity contribution in [3.8, 4) is 11.5 Å². The number of ether oxygens (including phenoxy) is 1. The topological polar surface area (TPSA) is 124 Å². The molecule has 1 aliphatic heterocycles. The van der Waals surface area contributed by atoms with Gasteiger partial charge in [0.05, 0.1) is 31.2 Å². The number of furan rings is 1. The Morgan fingerprint density at radius 3 is 2.97 bits per heavy atom. The van der Waals surface area contributed by atoms with Crippen LogP contribution in [0.5, 0.6) is 0 Å². The Kier molecular flexibility index (Phi) is 7.39. The predicted molar refractivity (Wildman–Crippen MR) is 121 cm³/mol. The highest BCUT2D eigenvalue weighted by atomic mass is 32.2. The van der Waals surface area contributed by atoms with Gasteiger partial charge < -0.3 is 14.5 Å². The van der Waals surface area contributed by atoms with Gasteiger partial charge >= 0.3 is 0 Å². The maximum Gasteiger partial charge on any atom is 0.248 e. The van der Waals surface area contributed by atoms with Gasteiger partial charge in [0, 0.05) is 19.9 Å². The molecule has 4 rings (SSSR count). The number of amides is 1. The minimum atomic E-state index is -0.247. The van der Waals surface area contributed by atoms with Crippen LogP contribution in [0.4, 0.5) is 0 Å². The van der Waals surface area contributed by atoms with E-state index in [1.807, 2.05) is 29.9 Å². The van der Waals surface area contributed by atoms with Gasteiger partial charge in [-0.1, -0.05) is 11.8 Å². The molecule has 0 saturated carbocycles. The Balaban J connectivity index is 1.32. The molecule has 11 nitrogen and oxygen atoms in total. The summed E-state index contributed by atoms with van der Waals surface area (Å²) in [7, 11) is 1.85. The second kappa shape index (κ2) is 10.6. The van der Waals surface area contributed by atoms with Crippen molar-refractivity contribution in [3.63, 3.8) is 0 Å². The molecule has 170 valence electrons. The molecule has 0 aromatic carbocycles. The first kappa shape index (κ1) is 22.3. The molecule has 0 bridgehead atoms. The Morgan fingerprint density at radius 1 is 1.34 bits per heavy atom. The van der Waals surface area contributed by atoms with Crippen molar-refractivity contribution in [2.45, 2.75) is 37.2 Å². The summed E-state index contributed by atoms with van der Waals surface area (Å²) in [5.74, 6) is 1.29. The summed E-state index contributed by atoms with van der Waals surface area (Å²) < 4.78 is 14.7. The summed E-state index contributed by atoms with van der Waals surface area (Å²) in [6.07, 6.45) is 5.56. The molecule has 0 aliphatic carbocycles. The van der Waals surface area contributed by atoms with Gasteiger partial charge in [-0.25, -0.2) is 0 Å². The SMILES string of the molecule is Cn1ccc(-c2nnc(SCC(=O)NNC(=S)NCc3ccco3)n2C[C@@H]2CCCO2)n1. The highest BCUT2D eigenvalue weighted by molar-refractivity contribution is 7.99. The van der Waals surface area contributed by atoms with Crippen molar-refractivity contribution in [2.75, 3.05) is 12.4 Å². The molecule has 1 amide bonds. The third-order valence-corrected chi connectivity index (χ3v) is 5.93. The molecule has 3 aromatic heterocycles. The predicted octanol–water partition coefficient (Wildman–Crippen LogP) is 1.24. The maximum absolute atomic E-state index is 12.3. The second-order valence-corrected chi connectivity index (χ2v) is 8.50. The number of hydrogen-bond acceptors (Lipinski definition) is 8. The molecule has 13 heteroatoms. The third kappa shape index (κ3) is 5.87. The van der Waals surface area contributed by atoms with E-state index < -0.39 is 0 Å². The molecule has 0 radical (unpaired) electrons. The van der Waals surface area contributed by atoms with Crippen LogP contribution in [0.15, 0.2) is 40.2 Å². The van der Waals surface area contributed by atoms with E-state index in [0.29, 0.717) is 29.2 Å². The second-order valence-electron chi connectivity index (χ2n) is 7.15. The molecule has 0 spiro atoms. The van der Waals surface area contributed by atoms with Gasteiger partial charge in [-0.15, -0.1) is 10.2 Å². The molecule has 1 aliphatic rings. The fraction of sp³-hybridized carbons (Fsp3) is 0.421. The largest absolute Gasteiger partial charge is 0.467 e. The number of nitrogens with one attached hydrogen (secondary N) is 3. The van der Waals surface area contributed by atoms with Crippen LogP contribution in [0, 0.1) is 0 Å². The summed E-state index contributed by atoms with van der Waals surface area (Å²) in [5, 5.41) is 16.9. The van der Waals surface area contributed by atoms with E-state index in [1.54, 1.807) is 17.0 Å². The molecular formula is C19H24N8O3S2. The molecule has 32 heavy (non-hydrogen) atoms. The van der Waals surface area contributed by atoms with Crippen LogP contribution in [-0.2, 0) is 29.7 Å². The lowest BCUT2D eigenvalue weighted by atomic mass is 10.2. The Morgan fingerprint density at radius 2 is 2.25 bits per heavy atom. The van der Waals surface area contributed by atoms with Gasteiger partial charge in [0.2, 0.25) is 5.91 Å². The zero-order valence-corrected chi connectivity index (χ0v) is 19.1. The fourth-order valence-corrected chi connectivity index (χ4v) is 4.06. The number of carbonyl (C=O) groups excluding carboxylic acids is 1. The molecule has 1 fully saturated rings. The molecule has 1 atom stereocenters. The first-order valence-corrected chi connectivity index (χ1v) is 11.5. The maximum atomic E-state index is 12.3. The van der Waals surface area contributed by atoms with Crippen LogP contribution in [0.3, 0.4) is 0 Å². The molecule has 4 heterocycles. The zero-order valence-electron chi connectivity index (χ0n) is 17.5. The van der Waals surface area contributed by atoms with E-state index in [4.69, 9.17) is 21.4 Å². The van der Waals surface area contributed by atoms with E-state index in [0.717, 1.165) is 30.9 Å². The number of thiocarbonyl (C=S) groups is 1. The van der Waals surface area contributed by atoms with Crippen molar-refractivity contribution < 1.29 is 13.9 Å². The molecule has 3 N–H and O–H groups in total. The molecule has 0 unspecified atom stereocenters. The number of carbonyl (C=O) groups is 1. The Bertz CT molecular complexity index is 1040. The zero-order chi connectivity index (χ0) is 22.3. The van der Waals surface area contributed by atoms with Crippen LogP contribution in [0.1, 0.15) is 18.6 Å². The standard InChI is InChI=1S/C19H24N8O3S2/c1-26-7-6-15(25-26)17-22-24-19(27(17)11-14-5-3-9-30-14)32-12-16(28)21-23-18(31)20-10-13-4-2-8-29-13/h2,4,6-8,14H,3,5,9-12H2,1H3,(H,21,28)(H2,20,23,31)/t14-/m0/s1. The van der Waals surface area contributed by atoms with Crippen molar-refractivity contribution in [2.24, 2.45) is 7.05 Å². The van der Waals surface area contributed by atoms with Gasteiger partial charge in [0.25, 0.3) is 0 Å². The highest BCUT2D eigenvalue weighted by Gasteiger charge is 2.23. The molecule has 1 saturated heterocycles. The lowest BCUT2D eigenvalue weighted by Crippen LogP contribution is -2.47. The average Bonchev–Trinajstić information content (AvgIpc) is 3.58. The van der Waals surface area contributed by atoms with Crippen LogP contribution < -0.4 is 16.2 Å². The van der Waals surface area contributed by atoms with Crippen molar-refractivity contribution in [3.05, 3.63) is 36.4 Å². The fourth-order valence-electron chi connectivity index (χ4n) is 3.19. The number of aryl methyl sites for hydroxylation is 1.